The second-order valence-corrected chi connectivity index (χ2v) is 6.75. The van der Waals surface area contributed by atoms with Crippen LogP contribution < -0.4 is 10.1 Å². The molecule has 5 nitrogen and oxygen atoms in total. The van der Waals surface area contributed by atoms with Crippen LogP contribution in [0.5, 0.6) is 5.75 Å². The lowest BCUT2D eigenvalue weighted by Crippen LogP contribution is -2.52. The molecule has 0 aliphatic heterocycles. The minimum Gasteiger partial charge on any atom is -0.486 e. The molecule has 0 bridgehead atoms. The van der Waals surface area contributed by atoms with Gasteiger partial charge in [0.15, 0.2) is 0 Å². The Morgan fingerprint density at radius 3 is 3.04 bits per heavy atom. The number of nitrogens with zero attached hydrogens (tertiary/aromatic N) is 1. The van der Waals surface area contributed by atoms with E-state index in [-0.39, 0.29) is 18.1 Å². The summed E-state index contributed by atoms with van der Waals surface area (Å²) in [5, 5.41) is 15.4. The van der Waals surface area contributed by atoms with Crippen molar-refractivity contribution in [3.8, 4) is 5.75 Å². The number of thiophene rings is 1. The zero-order chi connectivity index (χ0) is 16.2. The Morgan fingerprint density at radius 2 is 2.35 bits per heavy atom. The lowest BCUT2D eigenvalue weighted by Gasteiger charge is -2.35. The van der Waals surface area contributed by atoms with Gasteiger partial charge >= 0.3 is 0 Å². The summed E-state index contributed by atoms with van der Waals surface area (Å²) in [6.45, 7) is 1.96. The molecule has 122 valence electrons. The van der Waals surface area contributed by atoms with Crippen LogP contribution in [0.25, 0.3) is 0 Å². The third-order valence-electron chi connectivity index (χ3n) is 3.99. The average Bonchev–Trinajstić information content (AvgIpc) is 2.99. The molecule has 1 saturated carbocycles. The summed E-state index contributed by atoms with van der Waals surface area (Å²) in [7, 11) is 0. The Bertz CT molecular complexity index is 659. The van der Waals surface area contributed by atoms with Crippen LogP contribution in [0.1, 0.15) is 34.5 Å². The number of hydrogen-bond acceptors (Lipinski definition) is 5. The highest BCUT2D eigenvalue weighted by atomic mass is 32.1. The first-order valence-electron chi connectivity index (χ1n) is 7.74. The average molecular weight is 332 g/mol. The van der Waals surface area contributed by atoms with Gasteiger partial charge in [0.25, 0.3) is 5.91 Å². The molecule has 1 aliphatic rings. The number of rotatable bonds is 4. The van der Waals surface area contributed by atoms with Gasteiger partial charge in [-0.25, -0.2) is 0 Å². The Balaban J connectivity index is 1.63. The number of ether oxygens (including phenoxy) is 1. The summed E-state index contributed by atoms with van der Waals surface area (Å²) in [5.41, 5.74) is 1.07. The van der Waals surface area contributed by atoms with Crippen LogP contribution in [-0.2, 0) is 0 Å². The first-order chi connectivity index (χ1) is 11.1. The van der Waals surface area contributed by atoms with Crippen molar-refractivity contribution in [2.45, 2.75) is 44.4 Å². The van der Waals surface area contributed by atoms with Gasteiger partial charge in [0, 0.05) is 6.20 Å². The third kappa shape index (κ3) is 3.89. The molecule has 2 aromatic heterocycles. The van der Waals surface area contributed by atoms with E-state index in [9.17, 15) is 9.90 Å². The van der Waals surface area contributed by atoms with Gasteiger partial charge in [-0.15, -0.1) is 11.3 Å². The monoisotopic (exact) mass is 332 g/mol. The van der Waals surface area contributed by atoms with Gasteiger partial charge in [-0.1, -0.05) is 0 Å². The molecule has 0 radical (unpaired) electrons. The first kappa shape index (κ1) is 16.0. The van der Waals surface area contributed by atoms with Gasteiger partial charge in [0.1, 0.15) is 18.0 Å². The molecule has 3 rings (SSSR count). The lowest BCUT2D eigenvalue weighted by atomic mass is 9.89. The molecule has 2 N–H and O–H groups in total. The number of aryl methyl sites for hydroxylation is 1. The van der Waals surface area contributed by atoms with Crippen LogP contribution in [0.4, 0.5) is 0 Å². The molecular weight excluding hydrogens is 312 g/mol. The van der Waals surface area contributed by atoms with Crippen LogP contribution >= 0.6 is 11.3 Å². The van der Waals surface area contributed by atoms with Crippen molar-refractivity contribution in [2.24, 2.45) is 0 Å². The van der Waals surface area contributed by atoms with E-state index in [2.05, 4.69) is 10.3 Å². The predicted octanol–water partition coefficient (Wildman–Crippen LogP) is 2.54. The number of aliphatic hydroxyl groups is 1. The number of nitrogens with one attached hydrogen (secondary N) is 1. The van der Waals surface area contributed by atoms with Crippen LogP contribution in [0.3, 0.4) is 0 Å². The number of aliphatic hydroxyl groups excluding tert-OH is 1. The van der Waals surface area contributed by atoms with Gasteiger partial charge in [0.2, 0.25) is 0 Å². The topological polar surface area (TPSA) is 71.5 Å². The van der Waals surface area contributed by atoms with E-state index in [4.69, 9.17) is 4.74 Å². The van der Waals surface area contributed by atoms with Crippen LogP contribution in [0.2, 0.25) is 0 Å². The highest BCUT2D eigenvalue weighted by molar-refractivity contribution is 7.12. The van der Waals surface area contributed by atoms with Crippen LogP contribution in [0.15, 0.2) is 36.0 Å². The van der Waals surface area contributed by atoms with E-state index in [1.54, 1.807) is 18.5 Å². The maximum atomic E-state index is 12.3. The van der Waals surface area contributed by atoms with E-state index in [1.807, 2.05) is 24.4 Å². The molecule has 6 heteroatoms. The van der Waals surface area contributed by atoms with E-state index >= 15 is 0 Å². The second kappa shape index (κ2) is 7.10. The summed E-state index contributed by atoms with van der Waals surface area (Å²) >= 11 is 1.42. The van der Waals surface area contributed by atoms with Gasteiger partial charge in [-0.05, 0) is 55.3 Å². The largest absolute Gasteiger partial charge is 0.486 e. The van der Waals surface area contributed by atoms with Crippen molar-refractivity contribution in [2.75, 3.05) is 0 Å². The summed E-state index contributed by atoms with van der Waals surface area (Å²) in [6.07, 6.45) is 4.66. The van der Waals surface area contributed by atoms with Crippen molar-refractivity contribution in [1.29, 1.82) is 0 Å². The number of hydrogen-bond donors (Lipinski definition) is 2. The molecule has 1 fully saturated rings. The molecule has 0 spiro atoms. The zero-order valence-electron chi connectivity index (χ0n) is 12.9. The minimum atomic E-state index is -0.728. The molecule has 3 atom stereocenters. The number of amides is 1. The highest BCUT2D eigenvalue weighted by Gasteiger charge is 2.34. The molecule has 1 aliphatic carbocycles. The van der Waals surface area contributed by atoms with E-state index in [0.29, 0.717) is 10.6 Å². The van der Waals surface area contributed by atoms with Gasteiger partial charge < -0.3 is 15.2 Å². The molecule has 2 aromatic rings. The predicted molar refractivity (Wildman–Crippen MR) is 88.8 cm³/mol. The number of pyridine rings is 1. The fraction of sp³-hybridized carbons (Fsp3) is 0.412. The van der Waals surface area contributed by atoms with E-state index in [1.165, 1.54) is 11.3 Å². The van der Waals surface area contributed by atoms with Crippen molar-refractivity contribution < 1.29 is 14.6 Å². The molecule has 1 amide bonds. The Morgan fingerprint density at radius 1 is 1.48 bits per heavy atom. The summed E-state index contributed by atoms with van der Waals surface area (Å²) < 4.78 is 5.83. The number of carbonyl (C=O) groups is 1. The lowest BCUT2D eigenvalue weighted by molar-refractivity contribution is -0.0141. The number of aromatic nitrogens is 1. The summed E-state index contributed by atoms with van der Waals surface area (Å²) in [6, 6.07) is 5.18. The third-order valence-corrected chi connectivity index (χ3v) is 5.04. The fourth-order valence-electron chi connectivity index (χ4n) is 2.81. The fourth-order valence-corrected chi connectivity index (χ4v) is 3.61. The van der Waals surface area contributed by atoms with E-state index in [0.717, 1.165) is 24.8 Å². The maximum Gasteiger partial charge on any atom is 0.261 e. The first-order valence-corrected chi connectivity index (χ1v) is 8.62. The standard InChI is InChI=1S/C17H20N2O3S/c1-11-8-15(23-10-11)17(21)19-13-5-2-6-14(16(13)20)22-12-4-3-7-18-9-12/h3-4,7-10,13-14,16,20H,2,5-6H2,1H3,(H,19,21)/t13-,14-,16-/m1/s1. The maximum absolute atomic E-state index is 12.3. The van der Waals surface area contributed by atoms with Crippen molar-refractivity contribution in [3.63, 3.8) is 0 Å². The molecular formula is C17H20N2O3S. The van der Waals surface area contributed by atoms with Crippen molar-refractivity contribution in [3.05, 3.63) is 46.4 Å². The molecule has 2 heterocycles. The smallest absolute Gasteiger partial charge is 0.261 e. The van der Waals surface area contributed by atoms with Crippen molar-refractivity contribution in [1.82, 2.24) is 10.3 Å². The van der Waals surface area contributed by atoms with Crippen LogP contribution in [0, 0.1) is 6.92 Å². The second-order valence-electron chi connectivity index (χ2n) is 5.83. The SMILES string of the molecule is Cc1csc(C(=O)N[C@@H]2CCC[C@@H](Oc3cccnc3)[C@@H]2O)c1. The highest BCUT2D eigenvalue weighted by Crippen LogP contribution is 2.24. The Hall–Kier alpha value is -1.92. The minimum absolute atomic E-state index is 0.130. The van der Waals surface area contributed by atoms with E-state index < -0.39 is 6.10 Å². The molecule has 0 unspecified atom stereocenters. The van der Waals surface area contributed by atoms with Crippen molar-refractivity contribution >= 4 is 17.2 Å². The molecule has 0 saturated heterocycles. The quantitative estimate of drug-likeness (QED) is 0.902. The summed E-state index contributed by atoms with van der Waals surface area (Å²) in [4.78, 5) is 17.0. The van der Waals surface area contributed by atoms with Crippen LogP contribution in [-0.4, -0.2) is 34.2 Å². The Kier molecular flexibility index (Phi) is 4.93. The Labute approximate surface area is 139 Å². The van der Waals surface area contributed by atoms with Gasteiger partial charge in [-0.3, -0.25) is 9.78 Å². The number of carbonyl (C=O) groups excluding carboxylic acids is 1. The molecule has 23 heavy (non-hydrogen) atoms. The van der Waals surface area contributed by atoms with Gasteiger partial charge in [0.05, 0.1) is 17.1 Å². The van der Waals surface area contributed by atoms with Gasteiger partial charge in [-0.2, -0.15) is 0 Å². The zero-order valence-corrected chi connectivity index (χ0v) is 13.8. The molecule has 0 aromatic carbocycles. The summed E-state index contributed by atoms with van der Waals surface area (Å²) in [5.74, 6) is 0.506. The normalized spacial score (nSPS) is 24.2.